The average Bonchev–Trinajstić information content (AvgIpc) is 2.90. The van der Waals surface area contributed by atoms with Gasteiger partial charge in [-0.2, -0.15) is 0 Å². The fourth-order valence-electron chi connectivity index (χ4n) is 2.27. The van der Waals surface area contributed by atoms with Crippen LogP contribution < -0.4 is 0 Å². The van der Waals surface area contributed by atoms with Gasteiger partial charge in [-0.25, -0.2) is 0 Å². The summed E-state index contributed by atoms with van der Waals surface area (Å²) in [6.07, 6.45) is 3.86. The quantitative estimate of drug-likeness (QED) is 0.792. The first kappa shape index (κ1) is 10.5. The van der Waals surface area contributed by atoms with Gasteiger partial charge < -0.3 is 4.74 Å². The average molecular weight is 229 g/mol. The Morgan fingerprint density at radius 3 is 2.65 bits per heavy atom. The molecule has 1 aromatic heterocycles. The highest BCUT2D eigenvalue weighted by molar-refractivity contribution is 5.32. The molecule has 0 amide bonds. The van der Waals surface area contributed by atoms with Crippen LogP contribution >= 0.6 is 0 Å². The molecule has 0 unspecified atom stereocenters. The van der Waals surface area contributed by atoms with E-state index >= 15 is 0 Å². The molecule has 0 aliphatic carbocycles. The monoisotopic (exact) mass is 229 g/mol. The summed E-state index contributed by atoms with van der Waals surface area (Å²) in [5.74, 6) is 1.52. The minimum Gasteiger partial charge on any atom is -0.381 e. The van der Waals surface area contributed by atoms with E-state index in [0.717, 1.165) is 37.6 Å². The van der Waals surface area contributed by atoms with E-state index in [1.165, 1.54) is 0 Å². The van der Waals surface area contributed by atoms with Gasteiger partial charge in [0.25, 0.3) is 0 Å². The molecule has 2 aromatic rings. The van der Waals surface area contributed by atoms with E-state index in [2.05, 4.69) is 26.9 Å². The van der Waals surface area contributed by atoms with Crippen LogP contribution in [0.15, 0.2) is 36.7 Å². The van der Waals surface area contributed by atoms with Crippen molar-refractivity contribution in [3.05, 3.63) is 42.5 Å². The Hall–Kier alpha value is -1.68. The van der Waals surface area contributed by atoms with E-state index in [-0.39, 0.29) is 0 Å². The van der Waals surface area contributed by atoms with Crippen molar-refractivity contribution in [3.8, 4) is 5.69 Å². The van der Waals surface area contributed by atoms with Crippen LogP contribution in [0.2, 0.25) is 0 Å². The first-order valence-electron chi connectivity index (χ1n) is 5.98. The van der Waals surface area contributed by atoms with Gasteiger partial charge in [0.05, 0.1) is 0 Å². The fraction of sp³-hybridized carbons (Fsp3) is 0.385. The van der Waals surface area contributed by atoms with Gasteiger partial charge in [-0.15, -0.1) is 10.2 Å². The Morgan fingerprint density at radius 2 is 1.88 bits per heavy atom. The van der Waals surface area contributed by atoms with Gasteiger partial charge in [0, 0.05) is 24.8 Å². The van der Waals surface area contributed by atoms with Crippen LogP contribution in [0, 0.1) is 0 Å². The number of hydrogen-bond donors (Lipinski definition) is 0. The Kier molecular flexibility index (Phi) is 2.88. The van der Waals surface area contributed by atoms with Gasteiger partial charge in [-0.3, -0.25) is 4.57 Å². The number of rotatable bonds is 2. The van der Waals surface area contributed by atoms with E-state index in [4.69, 9.17) is 4.74 Å². The third-order valence-electron chi connectivity index (χ3n) is 3.19. The highest BCUT2D eigenvalue weighted by Crippen LogP contribution is 2.26. The number of nitrogens with zero attached hydrogens (tertiary/aromatic N) is 3. The summed E-state index contributed by atoms with van der Waals surface area (Å²) in [6.45, 7) is 1.65. The van der Waals surface area contributed by atoms with Gasteiger partial charge in [0.1, 0.15) is 12.2 Å². The van der Waals surface area contributed by atoms with Crippen molar-refractivity contribution < 1.29 is 4.74 Å². The van der Waals surface area contributed by atoms with Crippen LogP contribution in [0.4, 0.5) is 0 Å². The molecule has 4 nitrogen and oxygen atoms in total. The second-order valence-corrected chi connectivity index (χ2v) is 4.28. The molecule has 0 spiro atoms. The van der Waals surface area contributed by atoms with Gasteiger partial charge in [0.2, 0.25) is 0 Å². The highest BCUT2D eigenvalue weighted by Gasteiger charge is 2.21. The van der Waals surface area contributed by atoms with Crippen LogP contribution in [-0.4, -0.2) is 28.0 Å². The number of para-hydroxylation sites is 1. The summed E-state index contributed by atoms with van der Waals surface area (Å²) in [4.78, 5) is 0. The molecule has 1 aliphatic heterocycles. The number of hydrogen-bond acceptors (Lipinski definition) is 3. The molecule has 0 saturated carbocycles. The Bertz CT molecular complexity index is 474. The Balaban J connectivity index is 1.93. The lowest BCUT2D eigenvalue weighted by molar-refractivity contribution is 0.0832. The number of ether oxygens (including phenoxy) is 1. The van der Waals surface area contributed by atoms with Crippen molar-refractivity contribution in [1.29, 1.82) is 0 Å². The topological polar surface area (TPSA) is 39.9 Å². The molecule has 1 fully saturated rings. The zero-order valence-corrected chi connectivity index (χ0v) is 9.62. The highest BCUT2D eigenvalue weighted by atomic mass is 16.5. The number of benzene rings is 1. The maximum absolute atomic E-state index is 5.39. The van der Waals surface area contributed by atoms with Crippen LogP contribution in [-0.2, 0) is 4.74 Å². The van der Waals surface area contributed by atoms with Gasteiger partial charge in [-0.05, 0) is 25.0 Å². The van der Waals surface area contributed by atoms with E-state index in [1.54, 1.807) is 6.33 Å². The molecule has 0 N–H and O–H groups in total. The van der Waals surface area contributed by atoms with Gasteiger partial charge in [0.15, 0.2) is 0 Å². The second-order valence-electron chi connectivity index (χ2n) is 4.28. The first-order valence-corrected chi connectivity index (χ1v) is 5.98. The van der Waals surface area contributed by atoms with E-state index in [0.29, 0.717) is 5.92 Å². The Labute approximate surface area is 100 Å². The lowest BCUT2D eigenvalue weighted by Crippen LogP contribution is -2.17. The molecular formula is C13H15N3O. The Morgan fingerprint density at radius 1 is 1.12 bits per heavy atom. The van der Waals surface area contributed by atoms with Crippen LogP contribution in [0.1, 0.15) is 24.6 Å². The standard InChI is InChI=1S/C13H15N3O/c1-2-4-12(5-3-1)16-10-14-15-13(16)11-6-8-17-9-7-11/h1-5,10-11H,6-9H2. The maximum atomic E-state index is 5.39. The van der Waals surface area contributed by atoms with Crippen LogP contribution in [0.25, 0.3) is 5.69 Å². The van der Waals surface area contributed by atoms with Crippen molar-refractivity contribution in [1.82, 2.24) is 14.8 Å². The summed E-state index contributed by atoms with van der Waals surface area (Å²) >= 11 is 0. The SMILES string of the molecule is c1ccc(-n2cnnc2C2CCOCC2)cc1. The van der Waals surface area contributed by atoms with Crippen LogP contribution in [0.3, 0.4) is 0 Å². The zero-order valence-electron chi connectivity index (χ0n) is 9.62. The van der Waals surface area contributed by atoms with Gasteiger partial charge in [-0.1, -0.05) is 18.2 Å². The number of aromatic nitrogens is 3. The van der Waals surface area contributed by atoms with E-state index in [1.807, 2.05) is 18.2 Å². The van der Waals surface area contributed by atoms with Crippen LogP contribution in [0.5, 0.6) is 0 Å². The summed E-state index contributed by atoms with van der Waals surface area (Å²) in [6, 6.07) is 10.2. The lowest BCUT2D eigenvalue weighted by atomic mass is 9.99. The first-order chi connectivity index (χ1) is 8.45. The molecule has 2 heterocycles. The van der Waals surface area contributed by atoms with E-state index < -0.39 is 0 Å². The van der Waals surface area contributed by atoms with Crippen molar-refractivity contribution in [2.45, 2.75) is 18.8 Å². The normalized spacial score (nSPS) is 17.2. The molecule has 3 rings (SSSR count). The fourth-order valence-corrected chi connectivity index (χ4v) is 2.27. The lowest BCUT2D eigenvalue weighted by Gasteiger charge is -2.21. The van der Waals surface area contributed by atoms with Crippen molar-refractivity contribution in [2.24, 2.45) is 0 Å². The molecule has 4 heteroatoms. The molecule has 0 atom stereocenters. The maximum Gasteiger partial charge on any atom is 0.140 e. The van der Waals surface area contributed by atoms with E-state index in [9.17, 15) is 0 Å². The summed E-state index contributed by atoms with van der Waals surface area (Å²) in [5.41, 5.74) is 1.12. The third-order valence-corrected chi connectivity index (χ3v) is 3.19. The summed E-state index contributed by atoms with van der Waals surface area (Å²) in [5, 5.41) is 8.32. The molecule has 1 aromatic carbocycles. The molecule has 1 aliphatic rings. The zero-order chi connectivity index (χ0) is 11.5. The molecular weight excluding hydrogens is 214 g/mol. The largest absolute Gasteiger partial charge is 0.381 e. The third kappa shape index (κ3) is 2.08. The molecule has 1 saturated heterocycles. The van der Waals surface area contributed by atoms with Gasteiger partial charge >= 0.3 is 0 Å². The van der Waals surface area contributed by atoms with Crippen molar-refractivity contribution in [3.63, 3.8) is 0 Å². The second kappa shape index (κ2) is 4.67. The molecule has 17 heavy (non-hydrogen) atoms. The predicted octanol–water partition coefficient (Wildman–Crippen LogP) is 2.16. The summed E-state index contributed by atoms with van der Waals surface area (Å²) < 4.78 is 7.47. The molecule has 88 valence electrons. The molecule has 0 bridgehead atoms. The minimum atomic E-state index is 0.464. The smallest absolute Gasteiger partial charge is 0.140 e. The summed E-state index contributed by atoms with van der Waals surface area (Å²) in [7, 11) is 0. The predicted molar refractivity (Wildman–Crippen MR) is 64.2 cm³/mol. The minimum absolute atomic E-state index is 0.464. The molecule has 0 radical (unpaired) electrons. The van der Waals surface area contributed by atoms with Crippen molar-refractivity contribution in [2.75, 3.05) is 13.2 Å². The van der Waals surface area contributed by atoms with Crippen molar-refractivity contribution >= 4 is 0 Å².